The van der Waals surface area contributed by atoms with Crippen LogP contribution in [0, 0.1) is 5.82 Å². The van der Waals surface area contributed by atoms with E-state index in [0.717, 1.165) is 11.1 Å². The highest BCUT2D eigenvalue weighted by Gasteiger charge is 2.59. The zero-order chi connectivity index (χ0) is 17.9. The summed E-state index contributed by atoms with van der Waals surface area (Å²) in [5.74, 6) is -0.278. The Labute approximate surface area is 173 Å². The number of hydrogen-bond donors (Lipinski definition) is 0. The van der Waals surface area contributed by atoms with Crippen molar-refractivity contribution in [1.29, 1.82) is 0 Å². The Morgan fingerprint density at radius 3 is 2.52 bits per heavy atom. The maximum atomic E-state index is 13.3. The highest BCUT2D eigenvalue weighted by Crippen LogP contribution is 2.59. The lowest BCUT2D eigenvalue weighted by Crippen LogP contribution is -2.19. The van der Waals surface area contributed by atoms with Gasteiger partial charge in [0.25, 0.3) is 0 Å². The van der Waals surface area contributed by atoms with Gasteiger partial charge in [0.15, 0.2) is 0 Å². The second-order valence-electron chi connectivity index (χ2n) is 5.51. The van der Waals surface area contributed by atoms with Gasteiger partial charge in [0.2, 0.25) is 0 Å². The molecule has 0 amide bonds. The zero-order valence-corrected chi connectivity index (χ0v) is 17.9. The fourth-order valence-corrected chi connectivity index (χ4v) is 3.13. The molecule has 0 spiro atoms. The molecule has 130 valence electrons. The van der Waals surface area contributed by atoms with Gasteiger partial charge < -0.3 is 4.74 Å². The van der Waals surface area contributed by atoms with Gasteiger partial charge in [-0.2, -0.15) is 5.10 Å². The summed E-state index contributed by atoms with van der Waals surface area (Å²) in [6.07, 6.45) is 2.91. The highest BCUT2D eigenvalue weighted by molar-refractivity contribution is 15.0. The third kappa shape index (κ3) is 3.99. The van der Waals surface area contributed by atoms with E-state index in [-0.39, 0.29) is 11.9 Å². The maximum Gasteiger partial charge on any atom is 0.144 e. The van der Waals surface area contributed by atoms with Crippen molar-refractivity contribution in [2.45, 2.75) is 18.2 Å². The van der Waals surface area contributed by atoms with Crippen LogP contribution in [0.3, 0.4) is 0 Å². The first kappa shape index (κ1) is 19.0. The van der Waals surface area contributed by atoms with Gasteiger partial charge in [-0.05, 0) is 23.8 Å². The van der Waals surface area contributed by atoms with E-state index in [1.807, 2.05) is 24.3 Å². The van der Waals surface area contributed by atoms with Crippen LogP contribution in [-0.2, 0) is 16.9 Å². The Kier molecular flexibility index (Phi) is 6.29. The van der Waals surface area contributed by atoms with Crippen molar-refractivity contribution >= 4 is 48.8 Å². The summed E-state index contributed by atoms with van der Waals surface area (Å²) in [6, 6.07) is 13.9. The van der Waals surface area contributed by atoms with Crippen molar-refractivity contribution in [3.63, 3.8) is 0 Å². The van der Waals surface area contributed by atoms with Gasteiger partial charge >= 0.3 is 0 Å². The standard InChI is InChI=1S/C17H13ClFN3O.I2/c18-15-4-2-1-3-14(15)16-17(23-16,9-22-11-20-10-21-22)12-5-7-13(19)8-6-12;1-2/h1-8,10-11,16H,9H2;. The Morgan fingerprint density at radius 1 is 1.16 bits per heavy atom. The van der Waals surface area contributed by atoms with Gasteiger partial charge in [0.05, 0.1) is 6.54 Å². The molecule has 1 fully saturated rings. The first-order valence-corrected chi connectivity index (χ1v) is 14.0. The number of epoxide rings is 1. The van der Waals surface area contributed by atoms with E-state index in [2.05, 4.69) is 47.3 Å². The largest absolute Gasteiger partial charge is 0.354 e. The smallest absolute Gasteiger partial charge is 0.144 e. The van der Waals surface area contributed by atoms with Gasteiger partial charge in [0.1, 0.15) is 30.2 Å². The minimum atomic E-state index is -0.619. The van der Waals surface area contributed by atoms with Crippen molar-refractivity contribution in [3.8, 4) is 0 Å². The molecule has 0 N–H and O–H groups in total. The second-order valence-corrected chi connectivity index (χ2v) is 5.92. The number of benzene rings is 2. The van der Waals surface area contributed by atoms with Crippen molar-refractivity contribution in [2.24, 2.45) is 0 Å². The van der Waals surface area contributed by atoms with Gasteiger partial charge in [-0.25, -0.2) is 14.1 Å². The maximum absolute atomic E-state index is 13.3. The molecule has 4 nitrogen and oxygen atoms in total. The predicted octanol–water partition coefficient (Wildman–Crippen LogP) is 5.51. The molecule has 0 radical (unpaired) electrons. The molecule has 2 aromatic carbocycles. The number of hydrogen-bond acceptors (Lipinski definition) is 3. The molecule has 2 atom stereocenters. The summed E-state index contributed by atoms with van der Waals surface area (Å²) in [6.45, 7) is 0.481. The van der Waals surface area contributed by atoms with E-state index in [0.29, 0.717) is 11.6 Å². The van der Waals surface area contributed by atoms with E-state index < -0.39 is 5.60 Å². The fraction of sp³-hybridized carbons (Fsp3) is 0.176. The molecule has 8 heteroatoms. The molecule has 2 heterocycles. The molecule has 1 aromatic heterocycles. The number of nitrogens with zero attached hydrogens (tertiary/aromatic N) is 3. The van der Waals surface area contributed by atoms with Crippen LogP contribution in [0.1, 0.15) is 17.2 Å². The summed E-state index contributed by atoms with van der Waals surface area (Å²) < 4.78 is 21.1. The van der Waals surface area contributed by atoms with Crippen molar-refractivity contribution in [3.05, 3.63) is 83.2 Å². The molecular weight excluding hydrogens is 570 g/mol. The van der Waals surface area contributed by atoms with E-state index >= 15 is 0 Å². The molecule has 2 unspecified atom stereocenters. The topological polar surface area (TPSA) is 43.2 Å². The Morgan fingerprint density at radius 2 is 1.88 bits per heavy atom. The molecule has 25 heavy (non-hydrogen) atoms. The molecule has 1 aliphatic heterocycles. The molecule has 1 aliphatic rings. The van der Waals surface area contributed by atoms with E-state index in [1.54, 1.807) is 23.1 Å². The van der Waals surface area contributed by atoms with Gasteiger partial charge in [-0.3, -0.25) is 0 Å². The molecular formula is C17H13ClFI2N3O. The van der Waals surface area contributed by atoms with Crippen molar-refractivity contribution in [1.82, 2.24) is 14.8 Å². The third-order valence-electron chi connectivity index (χ3n) is 4.08. The summed E-state index contributed by atoms with van der Waals surface area (Å²) in [5, 5.41) is 4.81. The SMILES string of the molecule is Fc1ccc(C2(Cn3cncn3)OC2c2ccccc2Cl)cc1.II. The highest BCUT2D eigenvalue weighted by atomic mass is 128. The van der Waals surface area contributed by atoms with Crippen molar-refractivity contribution in [2.75, 3.05) is 0 Å². The number of halogens is 4. The molecule has 1 saturated heterocycles. The zero-order valence-electron chi connectivity index (χ0n) is 12.8. The quantitative estimate of drug-likeness (QED) is 0.301. The summed E-state index contributed by atoms with van der Waals surface area (Å²) in [4.78, 5) is 3.97. The second kappa shape index (κ2) is 8.28. The Bertz CT molecular complexity index is 832. The lowest BCUT2D eigenvalue weighted by molar-refractivity contribution is 0.262. The van der Waals surface area contributed by atoms with Crippen LogP contribution in [0.4, 0.5) is 4.39 Å². The van der Waals surface area contributed by atoms with Gasteiger partial charge in [-0.1, -0.05) is 41.9 Å². The molecule has 0 aliphatic carbocycles. The first-order chi connectivity index (χ1) is 12.2. The van der Waals surface area contributed by atoms with Gasteiger partial charge in [0, 0.05) is 47.8 Å². The minimum absolute atomic E-state index is 0.203. The monoisotopic (exact) mass is 583 g/mol. The number of aromatic nitrogens is 3. The Hall–Kier alpha value is -0.780. The van der Waals surface area contributed by atoms with E-state index in [9.17, 15) is 4.39 Å². The third-order valence-corrected chi connectivity index (χ3v) is 4.42. The van der Waals surface area contributed by atoms with Gasteiger partial charge in [-0.15, -0.1) is 0 Å². The average molecular weight is 584 g/mol. The lowest BCUT2D eigenvalue weighted by atomic mass is 9.91. The normalized spacial score (nSPS) is 21.4. The van der Waals surface area contributed by atoms with E-state index in [4.69, 9.17) is 16.3 Å². The number of rotatable bonds is 4. The van der Waals surface area contributed by atoms with Crippen LogP contribution < -0.4 is 0 Å². The summed E-state index contributed by atoms with van der Waals surface area (Å²) >= 11 is 10.5. The summed E-state index contributed by atoms with van der Waals surface area (Å²) in [5.41, 5.74) is 1.18. The fourth-order valence-electron chi connectivity index (χ4n) is 2.90. The minimum Gasteiger partial charge on any atom is -0.354 e. The molecule has 0 bridgehead atoms. The van der Waals surface area contributed by atoms with Crippen LogP contribution in [0.5, 0.6) is 0 Å². The van der Waals surface area contributed by atoms with E-state index in [1.165, 1.54) is 18.5 Å². The van der Waals surface area contributed by atoms with Crippen LogP contribution >= 0.6 is 48.8 Å². The first-order valence-electron chi connectivity index (χ1n) is 7.34. The van der Waals surface area contributed by atoms with Crippen LogP contribution in [0.25, 0.3) is 0 Å². The molecule has 0 saturated carbocycles. The molecule has 3 aromatic rings. The molecule has 4 rings (SSSR count). The predicted molar refractivity (Wildman–Crippen MR) is 111 cm³/mol. The van der Waals surface area contributed by atoms with Crippen LogP contribution in [0.2, 0.25) is 5.02 Å². The number of ether oxygens (including phenoxy) is 1. The van der Waals surface area contributed by atoms with Crippen LogP contribution in [0.15, 0.2) is 61.2 Å². The lowest BCUT2D eigenvalue weighted by Gasteiger charge is -2.14. The summed E-state index contributed by atoms with van der Waals surface area (Å²) in [7, 11) is 0. The van der Waals surface area contributed by atoms with Crippen LogP contribution in [-0.4, -0.2) is 14.8 Å². The Balaban J connectivity index is 0.000000880. The average Bonchev–Trinajstić information content (AvgIpc) is 3.11. The van der Waals surface area contributed by atoms with Crippen molar-refractivity contribution < 1.29 is 9.13 Å².